The second-order valence-corrected chi connectivity index (χ2v) is 24.4. The molecular formula is C68H126N2O18. The van der Waals surface area contributed by atoms with Gasteiger partial charge in [-0.2, -0.15) is 0 Å². The molecule has 2 fully saturated rings. The molecule has 2 aliphatic rings. The van der Waals surface area contributed by atoms with E-state index in [1.807, 2.05) is 6.08 Å². The highest BCUT2D eigenvalue weighted by atomic mass is 16.8. The summed E-state index contributed by atoms with van der Waals surface area (Å²) in [5, 5.41) is 17.2. The zero-order chi connectivity index (χ0) is 64.8. The van der Waals surface area contributed by atoms with Gasteiger partial charge in [-0.1, -0.05) is 180 Å². The minimum absolute atomic E-state index is 0.0362. The van der Waals surface area contributed by atoms with Crippen molar-refractivity contribution < 1.29 is 85.8 Å². The summed E-state index contributed by atoms with van der Waals surface area (Å²) in [7, 11) is 14.8. The third-order valence-electron chi connectivity index (χ3n) is 17.2. The number of carboxylic acids is 1. The van der Waals surface area contributed by atoms with E-state index in [2.05, 4.69) is 49.6 Å². The van der Waals surface area contributed by atoms with Crippen molar-refractivity contribution in [3.05, 3.63) is 24.3 Å². The van der Waals surface area contributed by atoms with Gasteiger partial charge in [0.15, 0.2) is 6.29 Å². The quantitative estimate of drug-likeness (QED) is 0.0380. The first-order valence-electron chi connectivity index (χ1n) is 33.7. The van der Waals surface area contributed by atoms with Gasteiger partial charge in [-0.3, -0.25) is 9.59 Å². The lowest BCUT2D eigenvalue weighted by Gasteiger charge is -2.49. The average molecular weight is 1260 g/mol. The van der Waals surface area contributed by atoms with Crippen molar-refractivity contribution in [3.63, 3.8) is 0 Å². The van der Waals surface area contributed by atoms with Crippen LogP contribution in [0.2, 0.25) is 0 Å². The van der Waals surface area contributed by atoms with Crippen LogP contribution in [-0.2, 0) is 80.7 Å². The number of nitrogens with one attached hydrogen (secondary N) is 2. The Bertz CT molecular complexity index is 1800. The van der Waals surface area contributed by atoms with Gasteiger partial charge < -0.3 is 82.1 Å². The minimum atomic E-state index is -2.39. The summed E-state index contributed by atoms with van der Waals surface area (Å²) < 4.78 is 84.2. The van der Waals surface area contributed by atoms with Gasteiger partial charge in [0, 0.05) is 77.5 Å². The molecule has 0 aromatic rings. The molecule has 0 spiro atoms. The first-order chi connectivity index (χ1) is 42.7. The third kappa shape index (κ3) is 31.3. The fourth-order valence-corrected chi connectivity index (χ4v) is 12.0. The van der Waals surface area contributed by atoms with Crippen LogP contribution in [-0.4, -0.2) is 206 Å². The number of amides is 2. The van der Waals surface area contributed by atoms with Crippen LogP contribution in [0.25, 0.3) is 0 Å². The van der Waals surface area contributed by atoms with Crippen LogP contribution in [0.5, 0.6) is 0 Å². The second-order valence-electron chi connectivity index (χ2n) is 24.4. The van der Waals surface area contributed by atoms with Gasteiger partial charge in [-0.05, 0) is 50.9 Å². The Morgan fingerprint density at radius 3 is 1.62 bits per heavy atom. The molecule has 0 aromatic carbocycles. The van der Waals surface area contributed by atoms with E-state index in [0.717, 1.165) is 44.4 Å². The Balaban J connectivity index is 2.26. The highest BCUT2D eigenvalue weighted by Crippen LogP contribution is 2.38. The van der Waals surface area contributed by atoms with E-state index in [1.54, 1.807) is 14.2 Å². The Labute approximate surface area is 532 Å². The Hall–Kier alpha value is -2.67. The Morgan fingerprint density at radius 1 is 0.602 bits per heavy atom. The molecule has 3 N–H and O–H groups in total. The summed E-state index contributed by atoms with van der Waals surface area (Å²) in [5.74, 6) is -3.90. The molecule has 2 aliphatic heterocycles. The summed E-state index contributed by atoms with van der Waals surface area (Å²) in [4.78, 5) is 40.9. The van der Waals surface area contributed by atoms with E-state index in [0.29, 0.717) is 6.42 Å². The van der Waals surface area contributed by atoms with Gasteiger partial charge in [0.05, 0.1) is 44.1 Å². The predicted molar refractivity (Wildman–Crippen MR) is 342 cm³/mol. The summed E-state index contributed by atoms with van der Waals surface area (Å²) in [5.41, 5.74) is 0. The standard InChI is InChI=1S/C68H126N2O18/c1-14-15-16-17-18-19-20-21-22-23-24-25-26-27-28-29-32-36-39-42-45-54(78-7)65(72)69-52(53(77-6)44-41-38-35-33-30-31-34-37-40-43-51(2)3)47-85-66-64(84-13)63(83-12)61(82-11)57(87-66)49-86-68(67(73)74)46-55(79-8)59(70-58(71)50-76-5)62(88-68)60(81-10)56(80-9)48-75-4/h21-22,41,44,51-57,59-64,66H,14-20,23-40,42-43,45-50H2,1-13H3,(H,69,72)(H,70,71)(H,73,74)/b22-21-,44-41+/t52-,53+,54+,55-,56+,57+,59+,60+,61+,62+,63-,64+,66+,68+/m0/s1. The summed E-state index contributed by atoms with van der Waals surface area (Å²) >= 11 is 0. The molecule has 2 amide bonds. The number of hydrogen-bond donors (Lipinski definition) is 3. The number of rotatable bonds is 56. The van der Waals surface area contributed by atoms with E-state index < -0.39 is 104 Å². The molecule has 0 unspecified atom stereocenters. The molecule has 2 rings (SSSR count). The summed E-state index contributed by atoms with van der Waals surface area (Å²) in [6.45, 7) is 6.06. The Kier molecular flexibility index (Phi) is 47.0. The fraction of sp³-hybridized carbons (Fsp3) is 0.897. The zero-order valence-electron chi connectivity index (χ0n) is 57.1. The van der Waals surface area contributed by atoms with Gasteiger partial charge in [0.1, 0.15) is 55.4 Å². The monoisotopic (exact) mass is 1260 g/mol. The van der Waals surface area contributed by atoms with Crippen LogP contribution in [0.15, 0.2) is 24.3 Å². The number of ether oxygens (including phenoxy) is 14. The van der Waals surface area contributed by atoms with Crippen molar-refractivity contribution in [2.45, 2.75) is 292 Å². The predicted octanol–water partition coefficient (Wildman–Crippen LogP) is 11.4. The Morgan fingerprint density at radius 2 is 1.15 bits per heavy atom. The summed E-state index contributed by atoms with van der Waals surface area (Å²) in [6, 6.07) is -1.67. The van der Waals surface area contributed by atoms with E-state index in [1.165, 1.54) is 192 Å². The van der Waals surface area contributed by atoms with Crippen molar-refractivity contribution >= 4 is 17.8 Å². The molecule has 88 heavy (non-hydrogen) atoms. The van der Waals surface area contributed by atoms with Crippen molar-refractivity contribution in [1.29, 1.82) is 0 Å². The molecule has 0 bridgehead atoms. The number of carboxylic acid groups (broad SMARTS) is 1. The lowest BCUT2D eigenvalue weighted by molar-refractivity contribution is -0.345. The van der Waals surface area contributed by atoms with Gasteiger partial charge in [0.2, 0.25) is 11.8 Å². The molecule has 14 atom stereocenters. The van der Waals surface area contributed by atoms with Gasteiger partial charge in [-0.15, -0.1) is 0 Å². The van der Waals surface area contributed by atoms with Crippen LogP contribution in [0.4, 0.5) is 0 Å². The van der Waals surface area contributed by atoms with E-state index >= 15 is 0 Å². The number of hydrogen-bond acceptors (Lipinski definition) is 17. The SMILES string of the molecule is CCCCCCCC/C=C\CCCCCCCCCCCC[C@@H](OC)C(=O)N[C@@H](CO[C@@H]1O[C@H](CO[C@]2(C(=O)O)C[C@H](OC)[C@@H](NC(=O)COC)[C@H]([C@H](OC)[C@@H](COC)OC)O2)[C@@H](OC)[C@H](OC)[C@H]1OC)[C@@H](/C=C/CCCCCCCCCC(C)C)OC. The van der Waals surface area contributed by atoms with Crippen molar-refractivity contribution in [2.24, 2.45) is 5.92 Å². The van der Waals surface area contributed by atoms with Crippen molar-refractivity contribution in [2.75, 3.05) is 97.5 Å². The third-order valence-corrected chi connectivity index (χ3v) is 17.2. The van der Waals surface area contributed by atoms with Crippen LogP contribution in [0.3, 0.4) is 0 Å². The number of methoxy groups -OCH3 is 10. The smallest absolute Gasteiger partial charge is 0.364 e. The normalized spacial score (nSPS) is 24.2. The van der Waals surface area contributed by atoms with Crippen LogP contribution in [0, 0.1) is 5.92 Å². The molecule has 0 aliphatic carbocycles. The van der Waals surface area contributed by atoms with Crippen LogP contribution in [0.1, 0.15) is 207 Å². The second kappa shape index (κ2) is 50.8. The number of carbonyl (C=O) groups is 3. The summed E-state index contributed by atoms with van der Waals surface area (Å²) in [6.07, 6.45) is 31.8. The average Bonchev–Trinajstić information content (AvgIpc) is 0.846. The maximum Gasteiger partial charge on any atom is 0.364 e. The lowest BCUT2D eigenvalue weighted by Crippen LogP contribution is -2.69. The number of unbranched alkanes of at least 4 members (excludes halogenated alkanes) is 23. The maximum absolute atomic E-state index is 14.3. The van der Waals surface area contributed by atoms with Gasteiger partial charge in [-0.25, -0.2) is 4.79 Å². The molecule has 20 heteroatoms. The van der Waals surface area contributed by atoms with Gasteiger partial charge >= 0.3 is 5.97 Å². The maximum atomic E-state index is 14.3. The fourth-order valence-electron chi connectivity index (χ4n) is 12.0. The molecule has 2 heterocycles. The van der Waals surface area contributed by atoms with Crippen molar-refractivity contribution in [3.8, 4) is 0 Å². The van der Waals surface area contributed by atoms with E-state index in [4.69, 9.17) is 66.3 Å². The molecule has 516 valence electrons. The highest BCUT2D eigenvalue weighted by molar-refractivity contribution is 5.81. The topological polar surface area (TPSA) is 225 Å². The number of aliphatic carboxylic acids is 1. The first kappa shape index (κ1) is 81.4. The molecule has 2 saturated heterocycles. The minimum Gasteiger partial charge on any atom is -0.477 e. The van der Waals surface area contributed by atoms with Gasteiger partial charge in [0.25, 0.3) is 5.79 Å². The van der Waals surface area contributed by atoms with Crippen molar-refractivity contribution in [1.82, 2.24) is 10.6 Å². The first-order valence-corrected chi connectivity index (χ1v) is 33.7. The molecular weight excluding hydrogens is 1130 g/mol. The molecule has 0 saturated carbocycles. The largest absolute Gasteiger partial charge is 0.477 e. The number of carbonyl (C=O) groups excluding carboxylic acids is 2. The number of allylic oxidation sites excluding steroid dienone is 3. The molecule has 20 nitrogen and oxygen atoms in total. The van der Waals surface area contributed by atoms with E-state index in [-0.39, 0.29) is 32.1 Å². The zero-order valence-corrected chi connectivity index (χ0v) is 57.1. The molecule has 0 radical (unpaired) electrons. The molecule has 0 aromatic heterocycles. The lowest BCUT2D eigenvalue weighted by atomic mass is 9.88. The van der Waals surface area contributed by atoms with Crippen LogP contribution >= 0.6 is 0 Å². The van der Waals surface area contributed by atoms with E-state index in [9.17, 15) is 19.5 Å². The highest BCUT2D eigenvalue weighted by Gasteiger charge is 2.58. The van der Waals surface area contributed by atoms with Crippen LogP contribution < -0.4 is 10.6 Å².